The molecule has 1 saturated carbocycles. The minimum absolute atomic E-state index is 0.0329. The zero-order chi connectivity index (χ0) is 22.2. The van der Waals surface area contributed by atoms with Gasteiger partial charge in [-0.25, -0.2) is 0 Å². The van der Waals surface area contributed by atoms with Gasteiger partial charge in [-0.05, 0) is 55.9 Å². The van der Waals surface area contributed by atoms with Crippen molar-refractivity contribution in [2.45, 2.75) is 77.4 Å². The lowest BCUT2D eigenvalue weighted by Crippen LogP contribution is -2.50. The van der Waals surface area contributed by atoms with Crippen molar-refractivity contribution in [2.24, 2.45) is 0 Å². The molecule has 0 aromatic heterocycles. The fraction of sp³-hybridized carbons (Fsp3) is 0.462. The second-order valence-corrected chi connectivity index (χ2v) is 8.97. The Morgan fingerprint density at radius 1 is 1.03 bits per heavy atom. The number of benzene rings is 2. The molecule has 0 spiro atoms. The number of halogens is 1. The fourth-order valence-corrected chi connectivity index (χ4v) is 4.44. The van der Waals surface area contributed by atoms with Gasteiger partial charge in [0, 0.05) is 24.0 Å². The van der Waals surface area contributed by atoms with Crippen LogP contribution in [0.3, 0.4) is 0 Å². The van der Waals surface area contributed by atoms with E-state index in [2.05, 4.69) is 5.32 Å². The van der Waals surface area contributed by atoms with Gasteiger partial charge in [0.15, 0.2) is 0 Å². The number of aryl methyl sites for hydroxylation is 2. The van der Waals surface area contributed by atoms with Crippen LogP contribution in [0.2, 0.25) is 5.02 Å². The molecule has 2 aromatic rings. The third kappa shape index (κ3) is 6.57. The van der Waals surface area contributed by atoms with Crippen LogP contribution in [0.4, 0.5) is 0 Å². The molecule has 31 heavy (non-hydrogen) atoms. The van der Waals surface area contributed by atoms with Crippen LogP contribution in [0.5, 0.6) is 0 Å². The summed E-state index contributed by atoms with van der Waals surface area (Å²) in [5.41, 5.74) is 3.13. The number of nitrogens with one attached hydrogen (secondary N) is 1. The average molecular weight is 441 g/mol. The Kier molecular flexibility index (Phi) is 8.53. The summed E-state index contributed by atoms with van der Waals surface area (Å²) in [6, 6.07) is 15.3. The van der Waals surface area contributed by atoms with Crippen LogP contribution < -0.4 is 5.32 Å². The maximum absolute atomic E-state index is 13.3. The van der Waals surface area contributed by atoms with Gasteiger partial charge in [0.05, 0.1) is 0 Å². The van der Waals surface area contributed by atoms with Crippen LogP contribution in [0.15, 0.2) is 48.5 Å². The van der Waals surface area contributed by atoms with Gasteiger partial charge in [-0.3, -0.25) is 9.59 Å². The van der Waals surface area contributed by atoms with E-state index in [9.17, 15) is 9.59 Å². The fourth-order valence-electron chi connectivity index (χ4n) is 4.21. The van der Waals surface area contributed by atoms with Crippen LogP contribution in [0, 0.1) is 6.92 Å². The van der Waals surface area contributed by atoms with Gasteiger partial charge in [-0.15, -0.1) is 0 Å². The Morgan fingerprint density at radius 3 is 2.35 bits per heavy atom. The summed E-state index contributed by atoms with van der Waals surface area (Å²) in [6.07, 6.45) is 6.47. The second-order valence-electron chi connectivity index (χ2n) is 8.56. The Morgan fingerprint density at radius 2 is 1.68 bits per heavy atom. The summed E-state index contributed by atoms with van der Waals surface area (Å²) in [5.74, 6) is -0.0963. The van der Waals surface area contributed by atoms with Gasteiger partial charge in [0.1, 0.15) is 6.04 Å². The van der Waals surface area contributed by atoms with Crippen molar-refractivity contribution >= 4 is 23.4 Å². The predicted octanol–water partition coefficient (Wildman–Crippen LogP) is 5.45. The van der Waals surface area contributed by atoms with Crippen molar-refractivity contribution in [2.75, 3.05) is 0 Å². The van der Waals surface area contributed by atoms with E-state index in [-0.39, 0.29) is 17.9 Å². The van der Waals surface area contributed by atoms with Crippen molar-refractivity contribution in [3.05, 3.63) is 70.2 Å². The van der Waals surface area contributed by atoms with E-state index < -0.39 is 6.04 Å². The van der Waals surface area contributed by atoms with Gasteiger partial charge < -0.3 is 10.2 Å². The maximum Gasteiger partial charge on any atom is 0.242 e. The molecule has 166 valence electrons. The van der Waals surface area contributed by atoms with E-state index in [1.165, 1.54) is 6.42 Å². The molecular formula is C26H33ClN2O2. The highest BCUT2D eigenvalue weighted by molar-refractivity contribution is 6.31. The smallest absolute Gasteiger partial charge is 0.242 e. The summed E-state index contributed by atoms with van der Waals surface area (Å²) >= 11 is 6.27. The van der Waals surface area contributed by atoms with Gasteiger partial charge >= 0.3 is 0 Å². The van der Waals surface area contributed by atoms with Crippen molar-refractivity contribution < 1.29 is 9.59 Å². The summed E-state index contributed by atoms with van der Waals surface area (Å²) in [5, 5.41) is 3.85. The van der Waals surface area contributed by atoms with Crippen LogP contribution in [0.1, 0.15) is 62.1 Å². The third-order valence-electron chi connectivity index (χ3n) is 6.29. The number of nitrogens with zero attached hydrogens (tertiary/aromatic N) is 1. The van der Waals surface area contributed by atoms with Crippen LogP contribution in [0.25, 0.3) is 0 Å². The lowest BCUT2D eigenvalue weighted by Gasteiger charge is -2.31. The Labute approximate surface area is 191 Å². The summed E-state index contributed by atoms with van der Waals surface area (Å²) in [6.45, 7) is 4.30. The molecule has 2 amide bonds. The van der Waals surface area contributed by atoms with Gasteiger partial charge in [0.25, 0.3) is 0 Å². The zero-order valence-electron chi connectivity index (χ0n) is 18.6. The molecule has 0 unspecified atom stereocenters. The number of hydrogen-bond donors (Lipinski definition) is 1. The number of hydrogen-bond acceptors (Lipinski definition) is 2. The normalized spacial score (nSPS) is 15.3. The molecule has 1 aliphatic rings. The number of carbonyl (C=O) groups is 2. The van der Waals surface area contributed by atoms with Crippen molar-refractivity contribution in [1.29, 1.82) is 0 Å². The SMILES string of the molecule is Cc1ccccc1CN(C(=O)CCc1ccccc1Cl)[C@H](C)C(=O)NC1CCCCC1. The third-order valence-corrected chi connectivity index (χ3v) is 6.66. The minimum atomic E-state index is -0.528. The maximum atomic E-state index is 13.3. The highest BCUT2D eigenvalue weighted by Crippen LogP contribution is 2.21. The zero-order valence-corrected chi connectivity index (χ0v) is 19.3. The quantitative estimate of drug-likeness (QED) is 0.593. The minimum Gasteiger partial charge on any atom is -0.352 e. The van der Waals surface area contributed by atoms with E-state index in [0.717, 1.165) is 42.4 Å². The first kappa shape index (κ1) is 23.3. The standard InChI is InChI=1S/C26H33ClN2O2/c1-19-10-6-7-12-22(19)18-29(20(2)26(31)28-23-13-4-3-5-14-23)25(30)17-16-21-11-8-9-15-24(21)27/h6-12,15,20,23H,3-5,13-14,16-18H2,1-2H3,(H,28,31)/t20-/m1/s1. The topological polar surface area (TPSA) is 49.4 Å². The molecule has 2 aromatic carbocycles. The molecule has 5 heteroatoms. The molecule has 1 fully saturated rings. The van der Waals surface area contributed by atoms with E-state index >= 15 is 0 Å². The Bertz CT molecular complexity index is 892. The van der Waals surface area contributed by atoms with Gasteiger partial charge in [-0.1, -0.05) is 73.3 Å². The van der Waals surface area contributed by atoms with Crippen molar-refractivity contribution in [1.82, 2.24) is 10.2 Å². The van der Waals surface area contributed by atoms with Crippen LogP contribution in [-0.2, 0) is 22.6 Å². The molecule has 3 rings (SSSR count). The molecule has 4 nitrogen and oxygen atoms in total. The Balaban J connectivity index is 1.72. The lowest BCUT2D eigenvalue weighted by molar-refractivity contribution is -0.141. The Hall–Kier alpha value is -2.33. The predicted molar refractivity (Wildman–Crippen MR) is 126 cm³/mol. The molecule has 1 N–H and O–H groups in total. The van der Waals surface area contributed by atoms with Crippen LogP contribution in [-0.4, -0.2) is 28.8 Å². The largest absolute Gasteiger partial charge is 0.352 e. The number of carbonyl (C=O) groups excluding carboxylic acids is 2. The molecule has 1 aliphatic carbocycles. The summed E-state index contributed by atoms with van der Waals surface area (Å²) in [4.78, 5) is 28.0. The van der Waals surface area contributed by atoms with E-state index in [1.807, 2.05) is 62.4 Å². The average Bonchev–Trinajstić information content (AvgIpc) is 2.78. The summed E-state index contributed by atoms with van der Waals surface area (Å²) < 4.78 is 0. The van der Waals surface area contributed by atoms with E-state index in [1.54, 1.807) is 4.90 Å². The van der Waals surface area contributed by atoms with Crippen molar-refractivity contribution in [3.8, 4) is 0 Å². The van der Waals surface area contributed by atoms with Crippen molar-refractivity contribution in [3.63, 3.8) is 0 Å². The number of rotatable bonds is 8. The van der Waals surface area contributed by atoms with E-state index in [4.69, 9.17) is 11.6 Å². The molecule has 0 aliphatic heterocycles. The first-order valence-corrected chi connectivity index (χ1v) is 11.7. The highest BCUT2D eigenvalue weighted by atomic mass is 35.5. The first-order chi connectivity index (χ1) is 15.0. The summed E-state index contributed by atoms with van der Waals surface area (Å²) in [7, 11) is 0. The molecule has 0 heterocycles. The molecule has 0 radical (unpaired) electrons. The molecule has 0 saturated heterocycles. The highest BCUT2D eigenvalue weighted by Gasteiger charge is 2.28. The lowest BCUT2D eigenvalue weighted by atomic mass is 9.95. The van der Waals surface area contributed by atoms with Gasteiger partial charge in [-0.2, -0.15) is 0 Å². The molecule has 1 atom stereocenters. The molecule has 0 bridgehead atoms. The monoisotopic (exact) mass is 440 g/mol. The first-order valence-electron chi connectivity index (χ1n) is 11.3. The van der Waals surface area contributed by atoms with E-state index in [0.29, 0.717) is 24.4 Å². The van der Waals surface area contributed by atoms with Gasteiger partial charge in [0.2, 0.25) is 11.8 Å². The number of amides is 2. The molecular weight excluding hydrogens is 408 g/mol. The second kappa shape index (κ2) is 11.3. The van der Waals surface area contributed by atoms with Crippen LogP contribution >= 0.6 is 11.6 Å².